The minimum absolute atomic E-state index is 0.0120. The molecule has 0 bridgehead atoms. The Labute approximate surface area is 203 Å². The first-order valence-corrected chi connectivity index (χ1v) is 12.3. The van der Waals surface area contributed by atoms with Crippen LogP contribution < -0.4 is 15.8 Å². The third-order valence-electron chi connectivity index (χ3n) is 7.62. The number of hydrogen-bond acceptors (Lipinski definition) is 8. The zero-order valence-corrected chi connectivity index (χ0v) is 20.0. The van der Waals surface area contributed by atoms with Gasteiger partial charge in [0.2, 0.25) is 5.95 Å². The van der Waals surface area contributed by atoms with Crippen LogP contribution in [-0.4, -0.2) is 70.5 Å². The maximum Gasteiger partial charge on any atom is 0.254 e. The predicted molar refractivity (Wildman–Crippen MR) is 131 cm³/mol. The van der Waals surface area contributed by atoms with E-state index in [0.29, 0.717) is 66.8 Å². The van der Waals surface area contributed by atoms with E-state index < -0.39 is 0 Å². The molecule has 1 aliphatic heterocycles. The van der Waals surface area contributed by atoms with Crippen molar-refractivity contribution in [2.24, 2.45) is 11.3 Å². The lowest BCUT2D eigenvalue weighted by Gasteiger charge is -2.36. The highest BCUT2D eigenvalue weighted by Gasteiger charge is 2.52. The Balaban J connectivity index is 1.23. The molecular formula is C25H31N7O3. The van der Waals surface area contributed by atoms with Gasteiger partial charge in [-0.3, -0.25) is 9.48 Å². The summed E-state index contributed by atoms with van der Waals surface area (Å²) in [5, 5.41) is 8.08. The summed E-state index contributed by atoms with van der Waals surface area (Å²) in [6.45, 7) is 3.66. The minimum Gasteiger partial charge on any atom is -0.496 e. The Bertz CT molecular complexity index is 1260. The van der Waals surface area contributed by atoms with Gasteiger partial charge in [0.15, 0.2) is 5.82 Å². The summed E-state index contributed by atoms with van der Waals surface area (Å²) in [6.07, 6.45) is 7.09. The number of nitrogens with zero attached hydrogens (tertiary/aromatic N) is 5. The van der Waals surface area contributed by atoms with Gasteiger partial charge in [-0.15, -0.1) is 0 Å². The second-order valence-corrected chi connectivity index (χ2v) is 10.1. The molecule has 10 heteroatoms. The van der Waals surface area contributed by atoms with Gasteiger partial charge in [-0.05, 0) is 49.1 Å². The first-order chi connectivity index (χ1) is 17.0. The molecule has 35 heavy (non-hydrogen) atoms. The molecule has 1 spiro atoms. The van der Waals surface area contributed by atoms with Crippen molar-refractivity contribution in [1.82, 2.24) is 24.6 Å². The Kier molecular flexibility index (Phi) is 5.47. The Morgan fingerprint density at radius 1 is 1.26 bits per heavy atom. The predicted octanol–water partition coefficient (Wildman–Crippen LogP) is 2.54. The number of morpholine rings is 1. The van der Waals surface area contributed by atoms with E-state index in [2.05, 4.69) is 20.4 Å². The molecule has 184 valence electrons. The number of ether oxygens (including phenoxy) is 2. The van der Waals surface area contributed by atoms with Gasteiger partial charge in [0, 0.05) is 30.8 Å². The van der Waals surface area contributed by atoms with Gasteiger partial charge in [-0.1, -0.05) is 6.07 Å². The standard InChI is InChI=1S/C25H31N7O3/c1-34-20-10-17(23(33)31-6-8-35-9-7-31)2-3-18(20)15-32-21-19(14-28-32)29-24(26)30-22(21)27-13-16-11-25(12-16)4-5-25/h2-3,10,14,16H,4-9,11-13,15H2,1H3,(H3,26,27,29,30). The molecule has 10 nitrogen and oxygen atoms in total. The summed E-state index contributed by atoms with van der Waals surface area (Å²) in [6, 6.07) is 5.57. The number of benzene rings is 1. The third-order valence-corrected chi connectivity index (χ3v) is 7.62. The van der Waals surface area contributed by atoms with E-state index in [1.807, 2.05) is 21.7 Å². The molecule has 3 aliphatic rings. The molecule has 0 atom stereocenters. The average Bonchev–Trinajstić information content (AvgIpc) is 3.57. The fourth-order valence-electron chi connectivity index (χ4n) is 5.51. The van der Waals surface area contributed by atoms with Crippen LogP contribution in [0.4, 0.5) is 11.8 Å². The molecule has 1 amide bonds. The number of nitrogens with one attached hydrogen (secondary N) is 1. The zero-order valence-electron chi connectivity index (χ0n) is 20.0. The summed E-state index contributed by atoms with van der Waals surface area (Å²) in [4.78, 5) is 23.6. The highest BCUT2D eigenvalue weighted by molar-refractivity contribution is 5.95. The van der Waals surface area contributed by atoms with Crippen molar-refractivity contribution in [1.29, 1.82) is 0 Å². The number of rotatable bonds is 7. The number of aromatic nitrogens is 4. The van der Waals surface area contributed by atoms with Crippen molar-refractivity contribution < 1.29 is 14.3 Å². The summed E-state index contributed by atoms with van der Waals surface area (Å²) in [5.74, 6) is 2.25. The van der Waals surface area contributed by atoms with Gasteiger partial charge in [0.1, 0.15) is 16.8 Å². The van der Waals surface area contributed by atoms with E-state index in [1.54, 1.807) is 19.4 Å². The highest BCUT2D eigenvalue weighted by atomic mass is 16.5. The van der Waals surface area contributed by atoms with Crippen molar-refractivity contribution in [2.45, 2.75) is 32.2 Å². The van der Waals surface area contributed by atoms with E-state index in [-0.39, 0.29) is 11.9 Å². The van der Waals surface area contributed by atoms with Gasteiger partial charge in [-0.25, -0.2) is 4.98 Å². The largest absolute Gasteiger partial charge is 0.496 e. The monoisotopic (exact) mass is 477 g/mol. The molecule has 2 aromatic heterocycles. The van der Waals surface area contributed by atoms with Crippen LogP contribution in [0.2, 0.25) is 0 Å². The third kappa shape index (κ3) is 4.27. The number of amides is 1. The smallest absolute Gasteiger partial charge is 0.254 e. The summed E-state index contributed by atoms with van der Waals surface area (Å²) in [7, 11) is 1.62. The Morgan fingerprint density at radius 3 is 2.80 bits per heavy atom. The Hall–Kier alpha value is -3.40. The number of carbonyl (C=O) groups excluding carboxylic acids is 1. The van der Waals surface area contributed by atoms with Crippen LogP contribution in [-0.2, 0) is 11.3 Å². The quantitative estimate of drug-likeness (QED) is 0.533. The van der Waals surface area contributed by atoms with Gasteiger partial charge < -0.3 is 25.4 Å². The maximum atomic E-state index is 12.9. The van der Waals surface area contributed by atoms with E-state index >= 15 is 0 Å². The van der Waals surface area contributed by atoms with Crippen molar-refractivity contribution in [3.8, 4) is 5.75 Å². The van der Waals surface area contributed by atoms with E-state index in [1.165, 1.54) is 25.7 Å². The zero-order chi connectivity index (χ0) is 24.0. The Morgan fingerprint density at radius 2 is 2.06 bits per heavy atom. The topological polar surface area (TPSA) is 120 Å². The summed E-state index contributed by atoms with van der Waals surface area (Å²) < 4.78 is 12.9. The second-order valence-electron chi connectivity index (χ2n) is 10.1. The normalized spacial score (nSPS) is 19.1. The molecule has 3 aromatic rings. The molecule has 0 unspecified atom stereocenters. The van der Waals surface area contributed by atoms with Gasteiger partial charge >= 0.3 is 0 Å². The van der Waals surface area contributed by atoms with Gasteiger partial charge in [-0.2, -0.15) is 10.1 Å². The van der Waals surface area contributed by atoms with Crippen molar-refractivity contribution in [2.75, 3.05) is 51.0 Å². The molecule has 1 saturated heterocycles. The van der Waals surface area contributed by atoms with Crippen LogP contribution in [0.25, 0.3) is 11.0 Å². The molecule has 0 radical (unpaired) electrons. The lowest BCUT2D eigenvalue weighted by Crippen LogP contribution is -2.40. The number of carbonyl (C=O) groups is 1. The number of anilines is 2. The van der Waals surface area contributed by atoms with E-state index in [4.69, 9.17) is 15.2 Å². The fraction of sp³-hybridized carbons (Fsp3) is 0.520. The van der Waals surface area contributed by atoms with Crippen molar-refractivity contribution >= 4 is 28.7 Å². The minimum atomic E-state index is -0.0120. The SMILES string of the molecule is COc1cc(C(=O)N2CCOCC2)ccc1Cn1ncc2nc(N)nc(NCC3CC4(CC4)C3)c21. The number of fused-ring (bicyclic) bond motifs is 1. The number of nitrogen functional groups attached to an aromatic ring is 1. The molecule has 6 rings (SSSR count). The number of hydrogen-bond donors (Lipinski definition) is 2. The van der Waals surface area contributed by atoms with Crippen LogP contribution >= 0.6 is 0 Å². The molecule has 3 fully saturated rings. The lowest BCUT2D eigenvalue weighted by molar-refractivity contribution is 0.0302. The van der Waals surface area contributed by atoms with Crippen LogP contribution in [0.5, 0.6) is 5.75 Å². The van der Waals surface area contributed by atoms with E-state index in [0.717, 1.165) is 17.6 Å². The fourth-order valence-corrected chi connectivity index (χ4v) is 5.51. The first-order valence-electron chi connectivity index (χ1n) is 12.3. The van der Waals surface area contributed by atoms with E-state index in [9.17, 15) is 4.79 Å². The highest BCUT2D eigenvalue weighted by Crippen LogP contribution is 2.63. The molecule has 3 N–H and O–H groups in total. The van der Waals surface area contributed by atoms with Crippen molar-refractivity contribution in [3.63, 3.8) is 0 Å². The molecule has 2 saturated carbocycles. The van der Waals surface area contributed by atoms with Crippen LogP contribution in [0.1, 0.15) is 41.6 Å². The maximum absolute atomic E-state index is 12.9. The van der Waals surface area contributed by atoms with Crippen LogP contribution in [0.15, 0.2) is 24.4 Å². The lowest BCUT2D eigenvalue weighted by atomic mass is 9.72. The molecular weight excluding hydrogens is 446 g/mol. The molecule has 2 aliphatic carbocycles. The summed E-state index contributed by atoms with van der Waals surface area (Å²) in [5.41, 5.74) is 9.68. The molecule has 1 aromatic carbocycles. The first kappa shape index (κ1) is 22.1. The average molecular weight is 478 g/mol. The second kappa shape index (κ2) is 8.67. The summed E-state index contributed by atoms with van der Waals surface area (Å²) >= 11 is 0. The molecule has 3 heterocycles. The van der Waals surface area contributed by atoms with Crippen LogP contribution in [0, 0.1) is 11.3 Å². The van der Waals surface area contributed by atoms with Crippen molar-refractivity contribution in [3.05, 3.63) is 35.5 Å². The van der Waals surface area contributed by atoms with Gasteiger partial charge in [0.25, 0.3) is 5.91 Å². The number of nitrogens with two attached hydrogens (primary N) is 1. The van der Waals surface area contributed by atoms with Gasteiger partial charge in [0.05, 0.1) is 33.1 Å². The van der Waals surface area contributed by atoms with Crippen LogP contribution in [0.3, 0.4) is 0 Å². The number of methoxy groups -OCH3 is 1.